The highest BCUT2D eigenvalue weighted by atomic mass is 32.2. The Hall–Kier alpha value is -0.600. The molecule has 0 spiro atoms. The number of alkyl halides is 6. The molecule has 0 aromatic heterocycles. The normalized spacial score (nSPS) is 34.9. The summed E-state index contributed by atoms with van der Waals surface area (Å²) >= 11 is 0. The molecule has 27 heavy (non-hydrogen) atoms. The summed E-state index contributed by atoms with van der Waals surface area (Å²) in [7, 11) is -13.4. The molecule has 0 aliphatic heterocycles. The third-order valence-electron chi connectivity index (χ3n) is 5.78. The van der Waals surface area contributed by atoms with Crippen LogP contribution < -0.4 is 4.72 Å². The van der Waals surface area contributed by atoms with E-state index in [2.05, 4.69) is 0 Å². The van der Waals surface area contributed by atoms with Crippen LogP contribution in [0.2, 0.25) is 0 Å². The van der Waals surface area contributed by atoms with Crippen LogP contribution in [-0.4, -0.2) is 43.4 Å². The van der Waals surface area contributed by atoms with E-state index >= 15 is 0 Å². The maximum absolute atomic E-state index is 14.0. The topological polar surface area (TPSA) is 101 Å². The van der Waals surface area contributed by atoms with Crippen molar-refractivity contribution in [3.8, 4) is 0 Å². The van der Waals surface area contributed by atoms with Gasteiger partial charge in [0, 0.05) is 5.54 Å². The lowest BCUT2D eigenvalue weighted by atomic mass is 9.53. The standard InChI is InChI=1S/C13H17F6NO5S2/c14-11(15,13(18,19)27(23,24)25)12(16,17)26(21,22)20-10-4-7-1-8(5-10)3-9(2-7)6-10/h7-9,20H,1-6H2,(H,23,24,25). The van der Waals surface area contributed by atoms with E-state index in [0.29, 0.717) is 0 Å². The summed E-state index contributed by atoms with van der Waals surface area (Å²) < 4.78 is 137. The van der Waals surface area contributed by atoms with Gasteiger partial charge in [0.15, 0.2) is 0 Å². The van der Waals surface area contributed by atoms with Crippen molar-refractivity contribution in [1.82, 2.24) is 4.72 Å². The van der Waals surface area contributed by atoms with Gasteiger partial charge < -0.3 is 0 Å². The minimum atomic E-state index is -7.01. The second-order valence-electron chi connectivity index (χ2n) is 7.89. The smallest absolute Gasteiger partial charge is 0.281 e. The first-order chi connectivity index (χ1) is 11.9. The summed E-state index contributed by atoms with van der Waals surface area (Å²) in [6.07, 6.45) is 2.63. The zero-order chi connectivity index (χ0) is 20.7. The highest BCUT2D eigenvalue weighted by molar-refractivity contribution is 7.91. The Balaban J connectivity index is 1.94. The number of nitrogens with one attached hydrogen (secondary N) is 1. The van der Waals surface area contributed by atoms with E-state index in [9.17, 15) is 43.2 Å². The van der Waals surface area contributed by atoms with Gasteiger partial charge in [-0.25, -0.2) is 13.1 Å². The Labute approximate surface area is 151 Å². The van der Waals surface area contributed by atoms with Gasteiger partial charge >= 0.3 is 26.5 Å². The predicted octanol–water partition coefficient (Wildman–Crippen LogP) is 2.58. The Kier molecular flexibility index (Phi) is 4.48. The molecule has 6 nitrogen and oxygen atoms in total. The fourth-order valence-corrected chi connectivity index (χ4v) is 7.02. The summed E-state index contributed by atoms with van der Waals surface area (Å²) in [5.74, 6) is -6.84. The minimum absolute atomic E-state index is 0.0207. The van der Waals surface area contributed by atoms with Gasteiger partial charge in [-0.1, -0.05) is 0 Å². The van der Waals surface area contributed by atoms with Gasteiger partial charge in [-0.3, -0.25) is 4.55 Å². The summed E-state index contributed by atoms with van der Waals surface area (Å²) in [6.45, 7) is 0. The van der Waals surface area contributed by atoms with Crippen molar-refractivity contribution in [3.05, 3.63) is 0 Å². The summed E-state index contributed by atoms with van der Waals surface area (Å²) in [6, 6.07) is 0. The Bertz CT molecular complexity index is 806. The molecular weight excluding hydrogens is 428 g/mol. The molecule has 4 aliphatic rings. The van der Waals surface area contributed by atoms with E-state index in [0.717, 1.165) is 19.3 Å². The maximum Gasteiger partial charge on any atom is 0.439 e. The molecule has 0 heterocycles. The average Bonchev–Trinajstić information content (AvgIpc) is 2.42. The molecule has 0 aromatic carbocycles. The maximum atomic E-state index is 14.0. The first kappa shape index (κ1) is 21.1. The number of hydrogen-bond acceptors (Lipinski definition) is 4. The van der Waals surface area contributed by atoms with E-state index in [1.165, 1.54) is 4.72 Å². The van der Waals surface area contributed by atoms with Gasteiger partial charge in [-0.15, -0.1) is 0 Å². The minimum Gasteiger partial charge on any atom is -0.281 e. The van der Waals surface area contributed by atoms with E-state index in [4.69, 9.17) is 4.55 Å². The molecule has 158 valence electrons. The first-order valence-corrected chi connectivity index (χ1v) is 11.0. The molecule has 4 saturated carbocycles. The summed E-state index contributed by atoms with van der Waals surface area (Å²) in [5, 5.41) is -13.2. The zero-order valence-electron chi connectivity index (χ0n) is 13.6. The van der Waals surface area contributed by atoms with E-state index in [1.54, 1.807) is 0 Å². The molecule has 4 aliphatic carbocycles. The van der Waals surface area contributed by atoms with Crippen LogP contribution in [0.3, 0.4) is 0 Å². The van der Waals surface area contributed by atoms with E-state index in [-0.39, 0.29) is 37.0 Å². The van der Waals surface area contributed by atoms with Crippen LogP contribution in [0.5, 0.6) is 0 Å². The SMILES string of the molecule is O=S(=O)(O)C(F)(F)C(F)(F)C(F)(F)S(=O)(=O)NC12CC3CC(CC(C3)C1)C2. The highest BCUT2D eigenvalue weighted by Gasteiger charge is 2.82. The lowest BCUT2D eigenvalue weighted by molar-refractivity contribution is -0.246. The monoisotopic (exact) mass is 445 g/mol. The molecule has 0 amide bonds. The van der Waals surface area contributed by atoms with Crippen LogP contribution >= 0.6 is 0 Å². The van der Waals surface area contributed by atoms with Crippen LogP contribution in [-0.2, 0) is 20.1 Å². The van der Waals surface area contributed by atoms with Crippen LogP contribution in [0.15, 0.2) is 0 Å². The van der Waals surface area contributed by atoms with Crippen molar-refractivity contribution < 1.29 is 47.7 Å². The first-order valence-electron chi connectivity index (χ1n) is 8.08. The molecular formula is C13H17F6NO5S2. The molecule has 4 rings (SSSR count). The molecule has 0 aromatic rings. The Morgan fingerprint density at radius 1 is 0.778 bits per heavy atom. The van der Waals surface area contributed by atoms with Crippen LogP contribution in [0, 0.1) is 17.8 Å². The van der Waals surface area contributed by atoms with Crippen molar-refractivity contribution >= 4 is 20.1 Å². The summed E-state index contributed by atoms with van der Waals surface area (Å²) in [4.78, 5) is 0. The molecule has 4 fully saturated rings. The lowest BCUT2D eigenvalue weighted by Gasteiger charge is -2.56. The van der Waals surface area contributed by atoms with Crippen LogP contribution in [0.25, 0.3) is 0 Å². The van der Waals surface area contributed by atoms with Crippen LogP contribution in [0.1, 0.15) is 38.5 Å². The number of hydrogen-bond donors (Lipinski definition) is 2. The molecule has 0 saturated heterocycles. The Morgan fingerprint density at radius 2 is 1.15 bits per heavy atom. The van der Waals surface area contributed by atoms with Gasteiger partial charge in [0.05, 0.1) is 0 Å². The zero-order valence-corrected chi connectivity index (χ0v) is 15.3. The highest BCUT2D eigenvalue weighted by Crippen LogP contribution is 2.57. The average molecular weight is 445 g/mol. The second kappa shape index (κ2) is 5.72. The van der Waals surface area contributed by atoms with Gasteiger partial charge in [0.1, 0.15) is 0 Å². The van der Waals surface area contributed by atoms with Crippen molar-refractivity contribution in [2.45, 2.75) is 60.5 Å². The quantitative estimate of drug-likeness (QED) is 0.484. The molecule has 2 N–H and O–H groups in total. The Morgan fingerprint density at radius 3 is 1.48 bits per heavy atom. The van der Waals surface area contributed by atoms with E-state index < -0.39 is 42.1 Å². The van der Waals surface area contributed by atoms with Gasteiger partial charge in [0.2, 0.25) is 0 Å². The van der Waals surface area contributed by atoms with Gasteiger partial charge in [-0.2, -0.15) is 34.8 Å². The number of sulfonamides is 1. The lowest BCUT2D eigenvalue weighted by Crippen LogP contribution is -2.67. The van der Waals surface area contributed by atoms with Crippen molar-refractivity contribution in [2.24, 2.45) is 17.8 Å². The largest absolute Gasteiger partial charge is 0.439 e. The number of halogens is 6. The molecule has 4 bridgehead atoms. The second-order valence-corrected chi connectivity index (χ2v) is 11.1. The number of rotatable bonds is 6. The summed E-state index contributed by atoms with van der Waals surface area (Å²) in [5.41, 5.74) is -1.44. The fourth-order valence-electron chi connectivity index (χ4n) is 5.08. The van der Waals surface area contributed by atoms with Crippen molar-refractivity contribution in [1.29, 1.82) is 0 Å². The molecule has 0 radical (unpaired) electrons. The predicted molar refractivity (Wildman–Crippen MR) is 79.3 cm³/mol. The molecule has 14 heteroatoms. The van der Waals surface area contributed by atoms with E-state index in [1.807, 2.05) is 0 Å². The van der Waals surface area contributed by atoms with Crippen molar-refractivity contribution in [3.63, 3.8) is 0 Å². The molecule has 0 unspecified atom stereocenters. The van der Waals surface area contributed by atoms with Gasteiger partial charge in [-0.05, 0) is 56.3 Å². The third-order valence-corrected chi connectivity index (χ3v) is 8.32. The van der Waals surface area contributed by atoms with Gasteiger partial charge in [0.25, 0.3) is 10.0 Å². The molecule has 0 atom stereocenters. The van der Waals surface area contributed by atoms with Crippen molar-refractivity contribution in [2.75, 3.05) is 0 Å². The fraction of sp³-hybridized carbons (Fsp3) is 1.00. The van der Waals surface area contributed by atoms with Crippen LogP contribution in [0.4, 0.5) is 26.3 Å². The third kappa shape index (κ3) is 2.97.